The van der Waals surface area contributed by atoms with Crippen LogP contribution in [-0.2, 0) is 4.74 Å². The number of rotatable bonds is 6. The van der Waals surface area contributed by atoms with E-state index in [9.17, 15) is 5.26 Å². The first-order valence-corrected chi connectivity index (χ1v) is 6.54. The lowest BCUT2D eigenvalue weighted by Gasteiger charge is -2.36. The zero-order chi connectivity index (χ0) is 12.7. The fourth-order valence-electron chi connectivity index (χ4n) is 2.28. The van der Waals surface area contributed by atoms with Gasteiger partial charge in [0.15, 0.2) is 0 Å². The molecule has 1 aliphatic heterocycles. The summed E-state index contributed by atoms with van der Waals surface area (Å²) in [5.74, 6) is 0. The van der Waals surface area contributed by atoms with Crippen LogP contribution in [0.25, 0.3) is 0 Å². The number of nitrogens with zero attached hydrogens (tertiary/aromatic N) is 2. The van der Waals surface area contributed by atoms with Crippen LogP contribution in [0.3, 0.4) is 0 Å². The van der Waals surface area contributed by atoms with Gasteiger partial charge in [-0.15, -0.1) is 0 Å². The number of ether oxygens (including phenoxy) is 1. The van der Waals surface area contributed by atoms with Gasteiger partial charge in [-0.05, 0) is 20.5 Å². The number of nitriles is 1. The molecule has 0 radical (unpaired) electrons. The van der Waals surface area contributed by atoms with Crippen molar-refractivity contribution in [3.8, 4) is 6.07 Å². The minimum absolute atomic E-state index is 0.250. The van der Waals surface area contributed by atoms with Crippen LogP contribution in [0, 0.1) is 11.3 Å². The predicted molar refractivity (Wildman–Crippen MR) is 68.8 cm³/mol. The molecule has 0 amide bonds. The minimum atomic E-state index is -0.367. The van der Waals surface area contributed by atoms with Crippen molar-refractivity contribution in [1.82, 2.24) is 10.2 Å². The van der Waals surface area contributed by atoms with Crippen molar-refractivity contribution in [2.75, 3.05) is 33.8 Å². The van der Waals surface area contributed by atoms with Gasteiger partial charge in [0.1, 0.15) is 5.54 Å². The van der Waals surface area contributed by atoms with Crippen LogP contribution in [0.15, 0.2) is 0 Å². The van der Waals surface area contributed by atoms with Crippen LogP contribution in [0.4, 0.5) is 0 Å². The monoisotopic (exact) mass is 239 g/mol. The Bertz CT molecular complexity index is 260. The smallest absolute Gasteiger partial charge is 0.111 e. The maximum atomic E-state index is 9.41. The standard InChI is InChI=1S/C13H25N3O/c1-4-5-12-10-13(11-14,6-9-17-12)15-7-8-16(2)3/h12,15H,4-10H2,1-3H3. The fraction of sp³-hybridized carbons (Fsp3) is 0.923. The van der Waals surface area contributed by atoms with Crippen LogP contribution in [0.1, 0.15) is 32.6 Å². The van der Waals surface area contributed by atoms with E-state index in [0.29, 0.717) is 6.61 Å². The van der Waals surface area contributed by atoms with Gasteiger partial charge in [-0.3, -0.25) is 5.32 Å². The van der Waals surface area contributed by atoms with Crippen LogP contribution in [0.5, 0.6) is 0 Å². The molecule has 1 aliphatic rings. The Kier molecular flexibility index (Phi) is 5.90. The molecule has 0 bridgehead atoms. The highest BCUT2D eigenvalue weighted by Crippen LogP contribution is 2.26. The van der Waals surface area contributed by atoms with Gasteiger partial charge in [-0.2, -0.15) is 5.26 Å². The number of hydrogen-bond donors (Lipinski definition) is 1. The molecule has 0 aliphatic carbocycles. The number of likely N-dealkylation sites (N-methyl/N-ethyl adjacent to an activating group) is 1. The highest BCUT2D eigenvalue weighted by atomic mass is 16.5. The third-order valence-corrected chi connectivity index (χ3v) is 3.31. The van der Waals surface area contributed by atoms with Crippen molar-refractivity contribution >= 4 is 0 Å². The van der Waals surface area contributed by atoms with Gasteiger partial charge >= 0.3 is 0 Å². The highest BCUT2D eigenvalue weighted by molar-refractivity contribution is 5.09. The Hall–Kier alpha value is -0.630. The molecule has 17 heavy (non-hydrogen) atoms. The van der Waals surface area contributed by atoms with Gasteiger partial charge in [-0.25, -0.2) is 0 Å². The van der Waals surface area contributed by atoms with Crippen LogP contribution in [0.2, 0.25) is 0 Å². The van der Waals surface area contributed by atoms with Gasteiger partial charge in [0.05, 0.1) is 12.2 Å². The number of hydrogen-bond acceptors (Lipinski definition) is 4. The molecule has 2 unspecified atom stereocenters. The summed E-state index contributed by atoms with van der Waals surface area (Å²) in [6, 6.07) is 2.47. The largest absolute Gasteiger partial charge is 0.378 e. The summed E-state index contributed by atoms with van der Waals surface area (Å²) in [5.41, 5.74) is -0.367. The van der Waals surface area contributed by atoms with E-state index < -0.39 is 0 Å². The van der Waals surface area contributed by atoms with Gasteiger partial charge < -0.3 is 9.64 Å². The van der Waals surface area contributed by atoms with Crippen LogP contribution in [-0.4, -0.2) is 50.3 Å². The maximum absolute atomic E-state index is 9.41. The Morgan fingerprint density at radius 2 is 2.29 bits per heavy atom. The zero-order valence-electron chi connectivity index (χ0n) is 11.3. The average molecular weight is 239 g/mol. The fourth-order valence-corrected chi connectivity index (χ4v) is 2.28. The molecule has 98 valence electrons. The van der Waals surface area contributed by atoms with Gasteiger partial charge in [0.25, 0.3) is 0 Å². The molecule has 0 aromatic rings. The molecule has 1 rings (SSSR count). The summed E-state index contributed by atoms with van der Waals surface area (Å²) in [6.45, 7) is 4.68. The topological polar surface area (TPSA) is 48.3 Å². The lowest BCUT2D eigenvalue weighted by Crippen LogP contribution is -2.52. The molecule has 4 heteroatoms. The molecule has 2 atom stereocenters. The van der Waals surface area contributed by atoms with Crippen molar-refractivity contribution in [3.63, 3.8) is 0 Å². The van der Waals surface area contributed by atoms with E-state index in [4.69, 9.17) is 4.74 Å². The molecule has 1 fully saturated rings. The van der Waals surface area contributed by atoms with Gasteiger partial charge in [0, 0.05) is 32.5 Å². The molecule has 1 saturated heterocycles. The van der Waals surface area contributed by atoms with Crippen LogP contribution < -0.4 is 5.32 Å². The lowest BCUT2D eigenvalue weighted by molar-refractivity contribution is -0.0187. The van der Waals surface area contributed by atoms with E-state index >= 15 is 0 Å². The van der Waals surface area contributed by atoms with Crippen LogP contribution >= 0.6 is 0 Å². The van der Waals surface area contributed by atoms with E-state index in [-0.39, 0.29) is 11.6 Å². The normalized spacial score (nSPS) is 29.2. The molecule has 0 spiro atoms. The molecule has 0 aromatic heterocycles. The average Bonchev–Trinajstić information content (AvgIpc) is 2.29. The summed E-state index contributed by atoms with van der Waals surface area (Å²) < 4.78 is 5.70. The van der Waals surface area contributed by atoms with E-state index in [0.717, 1.165) is 38.8 Å². The predicted octanol–water partition coefficient (Wildman–Crippen LogP) is 1.38. The lowest BCUT2D eigenvalue weighted by atomic mass is 9.86. The summed E-state index contributed by atoms with van der Waals surface area (Å²) in [6.07, 6.45) is 4.05. The summed E-state index contributed by atoms with van der Waals surface area (Å²) in [4.78, 5) is 2.13. The van der Waals surface area contributed by atoms with Crippen molar-refractivity contribution in [1.29, 1.82) is 5.26 Å². The molecule has 1 N–H and O–H groups in total. The van der Waals surface area contributed by atoms with Gasteiger partial charge in [-0.1, -0.05) is 13.3 Å². The second kappa shape index (κ2) is 6.95. The first-order chi connectivity index (χ1) is 8.12. The van der Waals surface area contributed by atoms with E-state index in [1.165, 1.54) is 0 Å². The third-order valence-electron chi connectivity index (χ3n) is 3.31. The Balaban J connectivity index is 2.46. The second-order valence-electron chi connectivity index (χ2n) is 5.16. The third kappa shape index (κ3) is 4.63. The SMILES string of the molecule is CCCC1CC(C#N)(NCCN(C)C)CCO1. The number of nitrogens with one attached hydrogen (secondary N) is 1. The second-order valence-corrected chi connectivity index (χ2v) is 5.16. The van der Waals surface area contributed by atoms with Crippen molar-refractivity contribution in [2.24, 2.45) is 0 Å². The molecular formula is C13H25N3O. The first-order valence-electron chi connectivity index (χ1n) is 6.54. The molecule has 0 aromatic carbocycles. The van der Waals surface area contributed by atoms with E-state index in [1.807, 2.05) is 14.1 Å². The highest BCUT2D eigenvalue weighted by Gasteiger charge is 2.36. The molecule has 1 heterocycles. The maximum Gasteiger partial charge on any atom is 0.111 e. The van der Waals surface area contributed by atoms with E-state index in [2.05, 4.69) is 23.2 Å². The molecule has 4 nitrogen and oxygen atoms in total. The zero-order valence-corrected chi connectivity index (χ0v) is 11.3. The quantitative estimate of drug-likeness (QED) is 0.761. The first kappa shape index (κ1) is 14.4. The van der Waals surface area contributed by atoms with Crippen molar-refractivity contribution < 1.29 is 4.74 Å². The molecular weight excluding hydrogens is 214 g/mol. The van der Waals surface area contributed by atoms with Crippen molar-refractivity contribution in [2.45, 2.75) is 44.2 Å². The van der Waals surface area contributed by atoms with E-state index in [1.54, 1.807) is 0 Å². The van der Waals surface area contributed by atoms with Gasteiger partial charge in [0.2, 0.25) is 0 Å². The Morgan fingerprint density at radius 3 is 2.88 bits per heavy atom. The molecule has 0 saturated carbocycles. The van der Waals surface area contributed by atoms with Crippen molar-refractivity contribution in [3.05, 3.63) is 0 Å². The summed E-state index contributed by atoms with van der Waals surface area (Å²) >= 11 is 0. The Labute approximate surface area is 105 Å². The summed E-state index contributed by atoms with van der Waals surface area (Å²) in [5, 5.41) is 12.8. The Morgan fingerprint density at radius 1 is 1.53 bits per heavy atom. The minimum Gasteiger partial charge on any atom is -0.378 e. The summed E-state index contributed by atoms with van der Waals surface area (Å²) in [7, 11) is 4.09.